The number of rotatable bonds is 5. The van der Waals surface area contributed by atoms with Crippen molar-refractivity contribution in [2.75, 3.05) is 10.6 Å². The molecular formula is C27H24Cl2N2O. The number of nitrogens with one attached hydrogen (secondary N) is 2. The molecule has 0 saturated carbocycles. The summed E-state index contributed by atoms with van der Waals surface area (Å²) >= 11 is 12.7. The van der Waals surface area contributed by atoms with Gasteiger partial charge in [0.2, 0.25) is 5.91 Å². The van der Waals surface area contributed by atoms with Crippen LogP contribution in [0.3, 0.4) is 0 Å². The first-order chi connectivity index (χ1) is 15.6. The maximum Gasteiger partial charge on any atom is 0.224 e. The number of fused-ring (bicyclic) bond motifs is 3. The number of amides is 1. The first-order valence-corrected chi connectivity index (χ1v) is 11.7. The van der Waals surface area contributed by atoms with E-state index >= 15 is 0 Å². The van der Waals surface area contributed by atoms with Crippen molar-refractivity contribution in [2.45, 2.75) is 31.2 Å². The molecule has 0 radical (unpaired) electrons. The van der Waals surface area contributed by atoms with E-state index in [4.69, 9.17) is 23.2 Å². The van der Waals surface area contributed by atoms with Crippen LogP contribution in [0.15, 0.2) is 78.9 Å². The summed E-state index contributed by atoms with van der Waals surface area (Å²) in [5, 5.41) is 8.09. The van der Waals surface area contributed by atoms with Gasteiger partial charge in [0, 0.05) is 33.8 Å². The van der Waals surface area contributed by atoms with E-state index in [1.54, 1.807) is 6.07 Å². The molecule has 2 N–H and O–H groups in total. The highest BCUT2D eigenvalue weighted by atomic mass is 35.5. The normalized spacial score (nSPS) is 20.9. The summed E-state index contributed by atoms with van der Waals surface area (Å²) in [6.07, 6.45) is 6.70. The molecule has 0 aromatic heterocycles. The van der Waals surface area contributed by atoms with Crippen LogP contribution < -0.4 is 10.6 Å². The molecule has 32 heavy (non-hydrogen) atoms. The second-order valence-corrected chi connectivity index (χ2v) is 9.32. The van der Waals surface area contributed by atoms with Crippen LogP contribution in [0, 0.1) is 5.92 Å². The zero-order chi connectivity index (χ0) is 22.1. The summed E-state index contributed by atoms with van der Waals surface area (Å²) in [5.74, 6) is 0.677. The third kappa shape index (κ3) is 4.28. The highest BCUT2D eigenvalue weighted by Gasteiger charge is 2.38. The number of carbonyl (C=O) groups is 1. The van der Waals surface area contributed by atoms with Crippen LogP contribution in [0.2, 0.25) is 10.0 Å². The van der Waals surface area contributed by atoms with Crippen molar-refractivity contribution in [1.29, 1.82) is 0 Å². The van der Waals surface area contributed by atoms with Gasteiger partial charge in [-0.15, -0.1) is 0 Å². The molecule has 0 spiro atoms. The molecular weight excluding hydrogens is 439 g/mol. The Hall–Kier alpha value is -2.75. The van der Waals surface area contributed by atoms with Gasteiger partial charge in [-0.2, -0.15) is 0 Å². The first-order valence-electron chi connectivity index (χ1n) is 10.9. The molecule has 0 fully saturated rings. The number of anilines is 2. The van der Waals surface area contributed by atoms with Crippen LogP contribution in [0.5, 0.6) is 0 Å². The van der Waals surface area contributed by atoms with Gasteiger partial charge in [0.1, 0.15) is 0 Å². The lowest BCUT2D eigenvalue weighted by Gasteiger charge is -2.38. The first kappa shape index (κ1) is 21.1. The van der Waals surface area contributed by atoms with Crippen LogP contribution in [0.1, 0.15) is 41.5 Å². The van der Waals surface area contributed by atoms with E-state index in [1.165, 1.54) is 11.1 Å². The van der Waals surface area contributed by atoms with E-state index < -0.39 is 0 Å². The second kappa shape index (κ2) is 9.01. The van der Waals surface area contributed by atoms with Crippen molar-refractivity contribution in [3.8, 4) is 0 Å². The summed E-state index contributed by atoms with van der Waals surface area (Å²) in [5.41, 5.74) is 5.37. The van der Waals surface area contributed by atoms with Gasteiger partial charge in [0.25, 0.3) is 0 Å². The van der Waals surface area contributed by atoms with Crippen LogP contribution in [-0.2, 0) is 11.2 Å². The van der Waals surface area contributed by atoms with Crippen molar-refractivity contribution in [3.63, 3.8) is 0 Å². The molecule has 1 heterocycles. The summed E-state index contributed by atoms with van der Waals surface area (Å²) < 4.78 is 0. The summed E-state index contributed by atoms with van der Waals surface area (Å²) in [6.45, 7) is 0. The van der Waals surface area contributed by atoms with Gasteiger partial charge in [0.15, 0.2) is 0 Å². The third-order valence-corrected chi connectivity index (χ3v) is 6.99. The zero-order valence-corrected chi connectivity index (χ0v) is 19.0. The molecule has 3 nitrogen and oxygen atoms in total. The molecule has 3 unspecified atom stereocenters. The Kier molecular flexibility index (Phi) is 5.95. The standard InChI is InChI=1S/C27H24Cl2N2O/c28-18-10-12-22(24(29)15-18)27-21-8-4-7-20(21)23-16-19(11-13-25(23)31-27)30-26(32)14-9-17-5-2-1-3-6-17/h1-7,10-13,15-16,20-21,27,31H,8-9,14H2,(H,30,32). The van der Waals surface area contributed by atoms with Gasteiger partial charge < -0.3 is 10.6 Å². The Morgan fingerprint density at radius 1 is 1.00 bits per heavy atom. The van der Waals surface area contributed by atoms with Crippen molar-refractivity contribution < 1.29 is 4.79 Å². The van der Waals surface area contributed by atoms with E-state index in [0.29, 0.717) is 22.4 Å². The minimum absolute atomic E-state index is 0.0295. The second-order valence-electron chi connectivity index (χ2n) is 8.48. The monoisotopic (exact) mass is 462 g/mol. The van der Waals surface area contributed by atoms with Crippen molar-refractivity contribution in [3.05, 3.63) is 106 Å². The van der Waals surface area contributed by atoms with E-state index in [0.717, 1.165) is 29.8 Å². The Balaban J connectivity index is 1.34. The lowest BCUT2D eigenvalue weighted by Crippen LogP contribution is -2.29. The average Bonchev–Trinajstić information content (AvgIpc) is 3.29. The molecule has 0 saturated heterocycles. The molecule has 3 atom stereocenters. The van der Waals surface area contributed by atoms with Crippen LogP contribution in [0.25, 0.3) is 0 Å². The lowest BCUT2D eigenvalue weighted by molar-refractivity contribution is -0.116. The largest absolute Gasteiger partial charge is 0.378 e. The van der Waals surface area contributed by atoms with E-state index in [-0.39, 0.29) is 17.9 Å². The predicted octanol–water partition coefficient (Wildman–Crippen LogP) is 7.39. The maximum atomic E-state index is 12.5. The number of allylic oxidation sites excluding steroid dienone is 2. The molecule has 3 aromatic carbocycles. The highest BCUT2D eigenvalue weighted by Crippen LogP contribution is 2.51. The fourth-order valence-electron chi connectivity index (χ4n) is 4.86. The van der Waals surface area contributed by atoms with Crippen LogP contribution in [0.4, 0.5) is 11.4 Å². The Labute approximate surface area is 198 Å². The van der Waals surface area contributed by atoms with Gasteiger partial charge in [-0.1, -0.05) is 71.8 Å². The molecule has 162 valence electrons. The molecule has 1 aliphatic heterocycles. The van der Waals surface area contributed by atoms with Gasteiger partial charge >= 0.3 is 0 Å². The number of carbonyl (C=O) groups excluding carboxylic acids is 1. The molecule has 5 heteroatoms. The predicted molar refractivity (Wildman–Crippen MR) is 133 cm³/mol. The topological polar surface area (TPSA) is 41.1 Å². The zero-order valence-electron chi connectivity index (χ0n) is 17.5. The van der Waals surface area contributed by atoms with Crippen LogP contribution in [-0.4, -0.2) is 5.91 Å². The Morgan fingerprint density at radius 2 is 1.84 bits per heavy atom. The fraction of sp³-hybridized carbons (Fsp3) is 0.222. The van der Waals surface area contributed by atoms with Gasteiger partial charge in [-0.25, -0.2) is 0 Å². The Morgan fingerprint density at radius 3 is 2.66 bits per heavy atom. The minimum atomic E-state index is 0.0295. The van der Waals surface area contributed by atoms with Crippen molar-refractivity contribution >= 4 is 40.5 Å². The molecule has 2 aliphatic rings. The van der Waals surface area contributed by atoms with Crippen molar-refractivity contribution in [1.82, 2.24) is 0 Å². The lowest BCUT2D eigenvalue weighted by atomic mass is 9.77. The van der Waals surface area contributed by atoms with Gasteiger partial charge in [0.05, 0.1) is 6.04 Å². The number of benzene rings is 3. The number of hydrogen-bond acceptors (Lipinski definition) is 2. The quantitative estimate of drug-likeness (QED) is 0.388. The minimum Gasteiger partial charge on any atom is -0.378 e. The van der Waals surface area contributed by atoms with Crippen molar-refractivity contribution in [2.24, 2.45) is 5.92 Å². The van der Waals surface area contributed by atoms with Gasteiger partial charge in [-0.05, 0) is 65.8 Å². The molecule has 1 amide bonds. The van der Waals surface area contributed by atoms with E-state index in [1.807, 2.05) is 48.5 Å². The maximum absolute atomic E-state index is 12.5. The molecule has 5 rings (SSSR count). The SMILES string of the molecule is O=C(CCc1ccccc1)Nc1ccc2c(c1)C1C=CCC1C(c1ccc(Cl)cc1Cl)N2. The average molecular weight is 463 g/mol. The summed E-state index contributed by atoms with van der Waals surface area (Å²) in [6, 6.07) is 22.0. The fourth-order valence-corrected chi connectivity index (χ4v) is 5.39. The number of aryl methyl sites for hydroxylation is 1. The summed E-state index contributed by atoms with van der Waals surface area (Å²) in [4.78, 5) is 12.5. The Bertz CT molecular complexity index is 1180. The number of halogens is 2. The van der Waals surface area contributed by atoms with Gasteiger partial charge in [-0.3, -0.25) is 4.79 Å². The third-order valence-electron chi connectivity index (χ3n) is 6.43. The van der Waals surface area contributed by atoms with E-state index in [9.17, 15) is 4.79 Å². The molecule has 3 aromatic rings. The summed E-state index contributed by atoms with van der Waals surface area (Å²) in [7, 11) is 0. The molecule has 0 bridgehead atoms. The highest BCUT2D eigenvalue weighted by molar-refractivity contribution is 6.35. The van der Waals surface area contributed by atoms with Crippen LogP contribution >= 0.6 is 23.2 Å². The van der Waals surface area contributed by atoms with E-state index in [2.05, 4.69) is 34.9 Å². The smallest absolute Gasteiger partial charge is 0.224 e. The number of hydrogen-bond donors (Lipinski definition) is 2. The molecule has 1 aliphatic carbocycles.